The van der Waals surface area contributed by atoms with Gasteiger partial charge < -0.3 is 19.9 Å². The Hall–Kier alpha value is -1.75. The monoisotopic (exact) mass is 279 g/mol. The molecule has 1 fully saturated rings. The maximum Gasteiger partial charge on any atom is 0.308 e. The van der Waals surface area contributed by atoms with Gasteiger partial charge >= 0.3 is 5.97 Å². The number of aliphatic carboxylic acids is 1. The largest absolute Gasteiger partial charge is 0.493 e. The minimum absolute atomic E-state index is 0.118. The lowest BCUT2D eigenvalue weighted by molar-refractivity contribution is -0.146. The standard InChI is InChI=1S/C15H21NO4/c1-19-13-6-3-10(9-14(13)20-2)7-8-16-12-5-4-11(12)15(17)18/h3,6,9,11-12,16H,4-5,7-8H2,1-2H3,(H,17,18). The van der Waals surface area contributed by atoms with Crippen LogP contribution in [0.15, 0.2) is 18.2 Å². The molecule has 5 heteroatoms. The maximum absolute atomic E-state index is 10.9. The SMILES string of the molecule is COc1ccc(CCNC2CCC2C(=O)O)cc1OC. The second kappa shape index (κ2) is 6.61. The molecule has 0 aromatic heterocycles. The zero-order chi connectivity index (χ0) is 14.5. The van der Waals surface area contributed by atoms with Gasteiger partial charge in [-0.15, -0.1) is 0 Å². The molecule has 1 aromatic carbocycles. The molecule has 1 aliphatic rings. The minimum atomic E-state index is -0.695. The zero-order valence-corrected chi connectivity index (χ0v) is 11.9. The van der Waals surface area contributed by atoms with E-state index >= 15 is 0 Å². The predicted octanol–water partition coefficient (Wildman–Crippen LogP) is 1.70. The average molecular weight is 279 g/mol. The fraction of sp³-hybridized carbons (Fsp3) is 0.533. The number of carboxylic acid groups (broad SMARTS) is 1. The molecule has 0 spiro atoms. The molecule has 110 valence electrons. The molecule has 0 bridgehead atoms. The molecule has 0 heterocycles. The van der Waals surface area contributed by atoms with Crippen LogP contribution in [0, 0.1) is 5.92 Å². The van der Waals surface area contributed by atoms with Gasteiger partial charge in [0.2, 0.25) is 0 Å². The summed E-state index contributed by atoms with van der Waals surface area (Å²) in [5.41, 5.74) is 1.14. The van der Waals surface area contributed by atoms with E-state index in [9.17, 15) is 4.79 Å². The zero-order valence-electron chi connectivity index (χ0n) is 11.9. The summed E-state index contributed by atoms with van der Waals surface area (Å²) in [7, 11) is 3.23. The summed E-state index contributed by atoms with van der Waals surface area (Å²) in [5.74, 6) is 0.520. The van der Waals surface area contributed by atoms with Gasteiger partial charge in [-0.25, -0.2) is 0 Å². The summed E-state index contributed by atoms with van der Waals surface area (Å²) in [6.45, 7) is 0.768. The highest BCUT2D eigenvalue weighted by atomic mass is 16.5. The third-order valence-electron chi connectivity index (χ3n) is 3.86. The van der Waals surface area contributed by atoms with E-state index in [1.807, 2.05) is 18.2 Å². The van der Waals surface area contributed by atoms with E-state index in [-0.39, 0.29) is 12.0 Å². The molecule has 1 saturated carbocycles. The Bertz CT molecular complexity index is 475. The van der Waals surface area contributed by atoms with Crippen LogP contribution in [-0.2, 0) is 11.2 Å². The number of nitrogens with one attached hydrogen (secondary N) is 1. The molecular weight excluding hydrogens is 258 g/mol. The summed E-state index contributed by atoms with van der Waals surface area (Å²) in [6, 6.07) is 5.96. The van der Waals surface area contributed by atoms with Gasteiger partial charge in [0.1, 0.15) is 0 Å². The smallest absolute Gasteiger partial charge is 0.308 e. The van der Waals surface area contributed by atoms with Crippen LogP contribution in [0.4, 0.5) is 0 Å². The molecule has 0 saturated heterocycles. The van der Waals surface area contributed by atoms with Crippen molar-refractivity contribution in [2.45, 2.75) is 25.3 Å². The van der Waals surface area contributed by atoms with Gasteiger partial charge in [0, 0.05) is 6.04 Å². The normalized spacial score (nSPS) is 21.1. The third kappa shape index (κ3) is 3.22. The molecule has 2 N–H and O–H groups in total. The first-order valence-corrected chi connectivity index (χ1v) is 6.82. The highest BCUT2D eigenvalue weighted by Gasteiger charge is 2.35. The van der Waals surface area contributed by atoms with Crippen molar-refractivity contribution in [3.05, 3.63) is 23.8 Å². The average Bonchev–Trinajstić information content (AvgIpc) is 2.41. The minimum Gasteiger partial charge on any atom is -0.493 e. The van der Waals surface area contributed by atoms with Crippen molar-refractivity contribution in [2.75, 3.05) is 20.8 Å². The van der Waals surface area contributed by atoms with Gasteiger partial charge in [-0.1, -0.05) is 6.07 Å². The van der Waals surface area contributed by atoms with Gasteiger partial charge in [-0.2, -0.15) is 0 Å². The van der Waals surface area contributed by atoms with Crippen LogP contribution < -0.4 is 14.8 Å². The molecule has 0 aliphatic heterocycles. The Morgan fingerprint density at radius 3 is 2.60 bits per heavy atom. The number of benzene rings is 1. The van der Waals surface area contributed by atoms with Gasteiger partial charge in [-0.05, 0) is 43.5 Å². The number of ether oxygens (including phenoxy) is 2. The summed E-state index contributed by atoms with van der Waals surface area (Å²) in [4.78, 5) is 10.9. The molecular formula is C15H21NO4. The lowest BCUT2D eigenvalue weighted by atomic mass is 9.79. The Morgan fingerprint density at radius 1 is 1.30 bits per heavy atom. The van der Waals surface area contributed by atoms with Crippen LogP contribution in [0.25, 0.3) is 0 Å². The van der Waals surface area contributed by atoms with Crippen LogP contribution in [0.1, 0.15) is 18.4 Å². The van der Waals surface area contributed by atoms with Gasteiger partial charge in [0.15, 0.2) is 11.5 Å². The Kier molecular flexibility index (Phi) is 4.84. The van der Waals surface area contributed by atoms with Crippen molar-refractivity contribution in [3.8, 4) is 11.5 Å². The summed E-state index contributed by atoms with van der Waals surface area (Å²) < 4.78 is 10.5. The number of hydrogen-bond donors (Lipinski definition) is 2. The number of carboxylic acids is 1. The molecule has 0 radical (unpaired) electrons. The first-order chi connectivity index (χ1) is 9.65. The van der Waals surface area contributed by atoms with Crippen LogP contribution >= 0.6 is 0 Å². The third-order valence-corrected chi connectivity index (χ3v) is 3.86. The number of rotatable bonds is 7. The molecule has 2 rings (SSSR count). The van der Waals surface area contributed by atoms with E-state index in [4.69, 9.17) is 14.6 Å². The Balaban J connectivity index is 1.84. The topological polar surface area (TPSA) is 67.8 Å². The second-order valence-electron chi connectivity index (χ2n) is 5.02. The predicted molar refractivity (Wildman–Crippen MR) is 75.4 cm³/mol. The van der Waals surface area contributed by atoms with Crippen molar-refractivity contribution in [2.24, 2.45) is 5.92 Å². The van der Waals surface area contributed by atoms with Crippen molar-refractivity contribution in [1.29, 1.82) is 0 Å². The summed E-state index contributed by atoms with van der Waals surface area (Å²) in [5, 5.41) is 12.3. The summed E-state index contributed by atoms with van der Waals surface area (Å²) >= 11 is 0. The van der Waals surface area contributed by atoms with E-state index < -0.39 is 5.97 Å². The number of hydrogen-bond acceptors (Lipinski definition) is 4. The van der Waals surface area contributed by atoms with Crippen LogP contribution in [0.3, 0.4) is 0 Å². The Morgan fingerprint density at radius 2 is 2.05 bits per heavy atom. The molecule has 1 aromatic rings. The Labute approximate surface area is 118 Å². The molecule has 2 atom stereocenters. The molecule has 20 heavy (non-hydrogen) atoms. The first-order valence-electron chi connectivity index (χ1n) is 6.82. The van der Waals surface area contributed by atoms with E-state index in [0.29, 0.717) is 5.75 Å². The quantitative estimate of drug-likeness (QED) is 0.795. The highest BCUT2D eigenvalue weighted by molar-refractivity contribution is 5.72. The number of methoxy groups -OCH3 is 2. The molecule has 2 unspecified atom stereocenters. The van der Waals surface area contributed by atoms with Crippen LogP contribution in [-0.4, -0.2) is 37.9 Å². The van der Waals surface area contributed by atoms with E-state index in [1.54, 1.807) is 14.2 Å². The van der Waals surface area contributed by atoms with Crippen molar-refractivity contribution < 1.29 is 19.4 Å². The lowest BCUT2D eigenvalue weighted by Crippen LogP contribution is -2.48. The first kappa shape index (κ1) is 14.7. The fourth-order valence-corrected chi connectivity index (χ4v) is 2.48. The van der Waals surface area contributed by atoms with Gasteiger partial charge in [-0.3, -0.25) is 4.79 Å². The highest BCUT2D eigenvalue weighted by Crippen LogP contribution is 2.29. The van der Waals surface area contributed by atoms with Crippen LogP contribution in [0.5, 0.6) is 11.5 Å². The fourth-order valence-electron chi connectivity index (χ4n) is 2.48. The van der Waals surface area contributed by atoms with Gasteiger partial charge in [0.05, 0.1) is 20.1 Å². The van der Waals surface area contributed by atoms with E-state index in [1.165, 1.54) is 0 Å². The lowest BCUT2D eigenvalue weighted by Gasteiger charge is -2.34. The van der Waals surface area contributed by atoms with Crippen LogP contribution in [0.2, 0.25) is 0 Å². The van der Waals surface area contributed by atoms with E-state index in [2.05, 4.69) is 5.32 Å². The van der Waals surface area contributed by atoms with E-state index in [0.717, 1.165) is 37.1 Å². The maximum atomic E-state index is 10.9. The summed E-state index contributed by atoms with van der Waals surface area (Å²) in [6.07, 6.45) is 2.56. The van der Waals surface area contributed by atoms with Crippen molar-refractivity contribution in [1.82, 2.24) is 5.32 Å². The van der Waals surface area contributed by atoms with Gasteiger partial charge in [0.25, 0.3) is 0 Å². The molecule has 5 nitrogen and oxygen atoms in total. The van der Waals surface area contributed by atoms with Crippen molar-refractivity contribution >= 4 is 5.97 Å². The molecule has 1 aliphatic carbocycles. The molecule has 0 amide bonds. The number of carbonyl (C=O) groups is 1. The van der Waals surface area contributed by atoms with Crippen molar-refractivity contribution in [3.63, 3.8) is 0 Å². The second-order valence-corrected chi connectivity index (χ2v) is 5.02.